The van der Waals surface area contributed by atoms with Crippen LogP contribution in [0.15, 0.2) is 24.8 Å². The second-order valence-electron chi connectivity index (χ2n) is 4.93. The first kappa shape index (κ1) is 14.5. The van der Waals surface area contributed by atoms with Gasteiger partial charge in [0.2, 0.25) is 0 Å². The molecule has 1 aliphatic rings. The van der Waals surface area contributed by atoms with E-state index in [1.54, 1.807) is 6.08 Å². The fraction of sp³-hybridized carbons (Fsp3) is 0.467. The number of nitrogens with zero attached hydrogens (tertiary/aromatic N) is 1. The van der Waals surface area contributed by atoms with Crippen LogP contribution in [0.1, 0.15) is 24.2 Å². The maximum absolute atomic E-state index is 11.5. The van der Waals surface area contributed by atoms with Crippen molar-refractivity contribution in [2.24, 2.45) is 0 Å². The lowest BCUT2D eigenvalue weighted by atomic mass is 10.3. The molecule has 0 aromatic carbocycles. The van der Waals surface area contributed by atoms with Crippen molar-refractivity contribution in [3.63, 3.8) is 0 Å². The molecule has 0 atom stereocenters. The molecule has 20 heavy (non-hydrogen) atoms. The Morgan fingerprint density at radius 2 is 2.35 bits per heavy atom. The van der Waals surface area contributed by atoms with Crippen molar-refractivity contribution in [1.29, 1.82) is 0 Å². The highest BCUT2D eigenvalue weighted by Crippen LogP contribution is 2.22. The second-order valence-corrected chi connectivity index (χ2v) is 4.93. The Kier molecular flexibility index (Phi) is 5.12. The SMILES string of the molecule is C=CCNC(=O)COc1ccc(C)nc1CNC1CC1. The van der Waals surface area contributed by atoms with Gasteiger partial charge in [-0.05, 0) is 31.9 Å². The molecule has 1 amide bonds. The van der Waals surface area contributed by atoms with E-state index in [4.69, 9.17) is 4.74 Å². The Morgan fingerprint density at radius 3 is 3.05 bits per heavy atom. The monoisotopic (exact) mass is 275 g/mol. The highest BCUT2D eigenvalue weighted by atomic mass is 16.5. The first-order valence-corrected chi connectivity index (χ1v) is 6.89. The molecule has 5 heteroatoms. The summed E-state index contributed by atoms with van der Waals surface area (Å²) in [4.78, 5) is 16.0. The number of hydrogen-bond donors (Lipinski definition) is 2. The summed E-state index contributed by atoms with van der Waals surface area (Å²) < 4.78 is 5.55. The molecular formula is C15H21N3O2. The zero-order chi connectivity index (χ0) is 14.4. The minimum atomic E-state index is -0.161. The molecule has 1 aliphatic carbocycles. The molecule has 0 aliphatic heterocycles. The smallest absolute Gasteiger partial charge is 0.258 e. The maximum Gasteiger partial charge on any atom is 0.258 e. The van der Waals surface area contributed by atoms with Gasteiger partial charge in [-0.1, -0.05) is 6.08 Å². The molecule has 1 aromatic rings. The first-order valence-electron chi connectivity index (χ1n) is 6.89. The topological polar surface area (TPSA) is 63.2 Å². The predicted molar refractivity (Wildman–Crippen MR) is 77.5 cm³/mol. The van der Waals surface area contributed by atoms with Crippen LogP contribution in [-0.2, 0) is 11.3 Å². The number of ether oxygens (including phenoxy) is 1. The molecule has 0 bridgehead atoms. The normalized spacial score (nSPS) is 13.8. The molecule has 2 rings (SSSR count). The van der Waals surface area contributed by atoms with Gasteiger partial charge in [-0.15, -0.1) is 6.58 Å². The van der Waals surface area contributed by atoms with Crippen LogP contribution in [0.25, 0.3) is 0 Å². The van der Waals surface area contributed by atoms with E-state index >= 15 is 0 Å². The van der Waals surface area contributed by atoms with Crippen molar-refractivity contribution in [2.45, 2.75) is 32.4 Å². The summed E-state index contributed by atoms with van der Waals surface area (Å²) in [6.45, 7) is 6.61. The number of hydrogen-bond acceptors (Lipinski definition) is 4. The van der Waals surface area contributed by atoms with Gasteiger partial charge in [-0.25, -0.2) is 0 Å². The van der Waals surface area contributed by atoms with Gasteiger partial charge in [0.15, 0.2) is 6.61 Å². The van der Waals surface area contributed by atoms with Crippen LogP contribution in [0, 0.1) is 6.92 Å². The van der Waals surface area contributed by atoms with Gasteiger partial charge >= 0.3 is 0 Å². The highest BCUT2D eigenvalue weighted by molar-refractivity contribution is 5.77. The maximum atomic E-state index is 11.5. The molecule has 108 valence electrons. The van der Waals surface area contributed by atoms with Gasteiger partial charge in [0.05, 0.1) is 5.69 Å². The van der Waals surface area contributed by atoms with Gasteiger partial charge in [-0.3, -0.25) is 9.78 Å². The number of amides is 1. The van der Waals surface area contributed by atoms with E-state index in [1.165, 1.54) is 12.8 Å². The van der Waals surface area contributed by atoms with E-state index in [0.29, 0.717) is 24.9 Å². The van der Waals surface area contributed by atoms with Crippen LogP contribution >= 0.6 is 0 Å². The van der Waals surface area contributed by atoms with Crippen molar-refractivity contribution < 1.29 is 9.53 Å². The lowest BCUT2D eigenvalue weighted by molar-refractivity contribution is -0.122. The van der Waals surface area contributed by atoms with Gasteiger partial charge in [0.25, 0.3) is 5.91 Å². The van der Waals surface area contributed by atoms with Crippen molar-refractivity contribution in [3.05, 3.63) is 36.2 Å². The zero-order valence-electron chi connectivity index (χ0n) is 11.8. The Hall–Kier alpha value is -1.88. The number of aromatic nitrogens is 1. The van der Waals surface area contributed by atoms with E-state index in [0.717, 1.165) is 11.4 Å². The largest absolute Gasteiger partial charge is 0.482 e. The van der Waals surface area contributed by atoms with E-state index in [2.05, 4.69) is 22.2 Å². The summed E-state index contributed by atoms with van der Waals surface area (Å²) in [6, 6.07) is 4.37. The standard InChI is InChI=1S/C15H21N3O2/c1-3-8-16-15(19)10-20-14-7-4-11(2)18-13(14)9-17-12-5-6-12/h3-4,7,12,17H,1,5-6,8-10H2,2H3,(H,16,19). The average Bonchev–Trinajstić information content (AvgIpc) is 3.26. The third-order valence-electron chi connectivity index (χ3n) is 3.01. The second kappa shape index (κ2) is 7.05. The number of nitrogens with one attached hydrogen (secondary N) is 2. The third-order valence-corrected chi connectivity index (χ3v) is 3.01. The predicted octanol–water partition coefficient (Wildman–Crippen LogP) is 1.32. The Bertz CT molecular complexity index is 484. The van der Waals surface area contributed by atoms with Gasteiger partial charge in [0.1, 0.15) is 5.75 Å². The Labute approximate surface area is 119 Å². The number of rotatable bonds is 8. The van der Waals surface area contributed by atoms with Crippen LogP contribution in [0.2, 0.25) is 0 Å². The minimum absolute atomic E-state index is 0.00495. The van der Waals surface area contributed by atoms with Crippen LogP contribution in [0.4, 0.5) is 0 Å². The van der Waals surface area contributed by atoms with Gasteiger partial charge in [-0.2, -0.15) is 0 Å². The third kappa shape index (κ3) is 4.66. The van der Waals surface area contributed by atoms with Crippen molar-refractivity contribution in [2.75, 3.05) is 13.2 Å². The van der Waals surface area contributed by atoms with Crippen LogP contribution in [0.5, 0.6) is 5.75 Å². The summed E-state index contributed by atoms with van der Waals surface area (Å²) in [5.74, 6) is 0.504. The molecule has 1 saturated carbocycles. The quantitative estimate of drug-likeness (QED) is 0.702. The van der Waals surface area contributed by atoms with Crippen molar-refractivity contribution >= 4 is 5.91 Å². The van der Waals surface area contributed by atoms with Crippen molar-refractivity contribution in [3.8, 4) is 5.75 Å². The van der Waals surface area contributed by atoms with E-state index in [9.17, 15) is 4.79 Å². The lowest BCUT2D eigenvalue weighted by Crippen LogP contribution is -2.29. The number of carbonyl (C=O) groups is 1. The van der Waals surface area contributed by atoms with Gasteiger partial charge < -0.3 is 15.4 Å². The summed E-state index contributed by atoms with van der Waals surface area (Å²) in [7, 11) is 0. The Morgan fingerprint density at radius 1 is 1.55 bits per heavy atom. The van der Waals surface area contributed by atoms with E-state index in [1.807, 2.05) is 19.1 Å². The molecule has 0 saturated heterocycles. The fourth-order valence-corrected chi connectivity index (χ4v) is 1.76. The molecule has 5 nitrogen and oxygen atoms in total. The van der Waals surface area contributed by atoms with E-state index < -0.39 is 0 Å². The van der Waals surface area contributed by atoms with Crippen LogP contribution in [0.3, 0.4) is 0 Å². The summed E-state index contributed by atoms with van der Waals surface area (Å²) in [5, 5.41) is 6.08. The number of pyridine rings is 1. The van der Waals surface area contributed by atoms with Crippen molar-refractivity contribution in [1.82, 2.24) is 15.6 Å². The number of aryl methyl sites for hydroxylation is 1. The fourth-order valence-electron chi connectivity index (χ4n) is 1.76. The molecule has 1 fully saturated rings. The summed E-state index contributed by atoms with van der Waals surface area (Å²) in [5.41, 5.74) is 1.80. The van der Waals surface area contributed by atoms with E-state index in [-0.39, 0.29) is 12.5 Å². The lowest BCUT2D eigenvalue weighted by Gasteiger charge is -2.12. The minimum Gasteiger partial charge on any atom is -0.482 e. The molecule has 0 unspecified atom stereocenters. The molecule has 1 aromatic heterocycles. The van der Waals surface area contributed by atoms with Crippen LogP contribution in [-0.4, -0.2) is 30.1 Å². The highest BCUT2D eigenvalue weighted by Gasteiger charge is 2.21. The van der Waals surface area contributed by atoms with Gasteiger partial charge in [0, 0.05) is 24.8 Å². The first-order chi connectivity index (χ1) is 9.69. The summed E-state index contributed by atoms with van der Waals surface area (Å²) >= 11 is 0. The molecule has 1 heterocycles. The summed E-state index contributed by atoms with van der Waals surface area (Å²) in [6.07, 6.45) is 4.09. The van der Waals surface area contributed by atoms with Crippen LogP contribution < -0.4 is 15.4 Å². The Balaban J connectivity index is 1.90. The number of carbonyl (C=O) groups excluding carboxylic acids is 1. The molecule has 0 radical (unpaired) electrons. The molecule has 0 spiro atoms. The average molecular weight is 275 g/mol. The zero-order valence-corrected chi connectivity index (χ0v) is 11.8. The molecular weight excluding hydrogens is 254 g/mol. The molecule has 2 N–H and O–H groups in total.